The highest BCUT2D eigenvalue weighted by Crippen LogP contribution is 2.63. The van der Waals surface area contributed by atoms with E-state index in [2.05, 4.69) is 0 Å². The summed E-state index contributed by atoms with van der Waals surface area (Å²) in [6.07, 6.45) is 0. The van der Waals surface area contributed by atoms with Gasteiger partial charge in [-0.2, -0.15) is 0 Å². The van der Waals surface area contributed by atoms with Gasteiger partial charge in [0, 0.05) is 4.88 Å². The van der Waals surface area contributed by atoms with Crippen LogP contribution in [0.2, 0.25) is 0 Å². The van der Waals surface area contributed by atoms with Gasteiger partial charge in [-0.3, -0.25) is 4.57 Å². The standard InChI is InChI=1S/C10H17O4PS/c1-4-13-15(12,14-5-2)10(3,11)9-7-6-8-16-9/h6-8,11H,4-5H2,1-3H3. The van der Waals surface area contributed by atoms with Gasteiger partial charge in [0.05, 0.1) is 13.2 Å². The highest BCUT2D eigenvalue weighted by Gasteiger charge is 2.47. The highest BCUT2D eigenvalue weighted by atomic mass is 32.1. The number of rotatable bonds is 6. The van der Waals surface area contributed by atoms with Crippen molar-refractivity contribution in [2.75, 3.05) is 13.2 Å². The van der Waals surface area contributed by atoms with Crippen LogP contribution in [0.3, 0.4) is 0 Å². The van der Waals surface area contributed by atoms with Crippen molar-refractivity contribution < 1.29 is 18.7 Å². The molecule has 0 aliphatic carbocycles. The zero-order valence-corrected chi connectivity index (χ0v) is 11.4. The van der Waals surface area contributed by atoms with Crippen molar-refractivity contribution in [2.24, 2.45) is 0 Å². The lowest BCUT2D eigenvalue weighted by Crippen LogP contribution is -2.23. The molecule has 1 unspecified atom stereocenters. The Kier molecular flexibility index (Phi) is 4.71. The van der Waals surface area contributed by atoms with Crippen LogP contribution in [-0.2, 0) is 19.0 Å². The van der Waals surface area contributed by atoms with E-state index in [1.807, 2.05) is 5.38 Å². The fraction of sp³-hybridized carbons (Fsp3) is 0.600. The van der Waals surface area contributed by atoms with Crippen LogP contribution in [0, 0.1) is 0 Å². The van der Waals surface area contributed by atoms with Crippen LogP contribution in [0.1, 0.15) is 25.6 Å². The molecule has 1 aromatic heterocycles. The van der Waals surface area contributed by atoms with Crippen LogP contribution in [0.25, 0.3) is 0 Å². The predicted octanol–water partition coefficient (Wildman–Crippen LogP) is 3.18. The first kappa shape index (κ1) is 13.9. The third-order valence-electron chi connectivity index (χ3n) is 2.12. The van der Waals surface area contributed by atoms with Gasteiger partial charge in [0.25, 0.3) is 0 Å². The van der Waals surface area contributed by atoms with Gasteiger partial charge in [-0.15, -0.1) is 11.3 Å². The number of thiophene rings is 1. The van der Waals surface area contributed by atoms with Gasteiger partial charge in [0.2, 0.25) is 0 Å². The van der Waals surface area contributed by atoms with Crippen LogP contribution in [0.5, 0.6) is 0 Å². The van der Waals surface area contributed by atoms with E-state index in [1.54, 1.807) is 26.0 Å². The topological polar surface area (TPSA) is 55.8 Å². The Morgan fingerprint density at radius 1 is 1.44 bits per heavy atom. The quantitative estimate of drug-likeness (QED) is 0.802. The molecule has 0 saturated carbocycles. The smallest absolute Gasteiger partial charge is 0.367 e. The molecule has 0 aliphatic heterocycles. The fourth-order valence-corrected chi connectivity index (χ4v) is 4.09. The summed E-state index contributed by atoms with van der Waals surface area (Å²) in [4.78, 5) is 0.581. The van der Waals surface area contributed by atoms with Gasteiger partial charge in [-0.25, -0.2) is 0 Å². The maximum Gasteiger partial charge on any atom is 0.367 e. The summed E-state index contributed by atoms with van der Waals surface area (Å²) in [5.41, 5.74) is 0. The lowest BCUT2D eigenvalue weighted by atomic mass is 10.3. The summed E-state index contributed by atoms with van der Waals surface area (Å²) in [6, 6.07) is 3.51. The van der Waals surface area contributed by atoms with E-state index in [9.17, 15) is 9.67 Å². The number of hydrogen-bond acceptors (Lipinski definition) is 5. The molecule has 1 aromatic rings. The Morgan fingerprint density at radius 3 is 2.38 bits per heavy atom. The molecule has 0 amide bonds. The van der Waals surface area contributed by atoms with Gasteiger partial charge in [0.15, 0.2) is 5.34 Å². The second-order valence-corrected chi connectivity index (χ2v) is 6.66. The molecule has 1 N–H and O–H groups in total. The molecule has 0 bridgehead atoms. The average molecular weight is 264 g/mol. The Bertz CT molecular complexity index is 351. The Balaban J connectivity index is 3.06. The first-order chi connectivity index (χ1) is 7.48. The fourth-order valence-electron chi connectivity index (χ4n) is 1.31. The first-order valence-corrected chi connectivity index (χ1v) is 7.55. The van der Waals surface area contributed by atoms with E-state index in [0.29, 0.717) is 4.88 Å². The van der Waals surface area contributed by atoms with Crippen molar-refractivity contribution in [1.29, 1.82) is 0 Å². The van der Waals surface area contributed by atoms with E-state index < -0.39 is 12.9 Å². The molecule has 0 spiro atoms. The summed E-state index contributed by atoms with van der Waals surface area (Å²) < 4.78 is 22.7. The van der Waals surface area contributed by atoms with E-state index in [1.165, 1.54) is 18.3 Å². The van der Waals surface area contributed by atoms with Gasteiger partial charge in [-0.1, -0.05) is 6.07 Å². The van der Waals surface area contributed by atoms with E-state index in [0.717, 1.165) is 0 Å². The number of hydrogen-bond donors (Lipinski definition) is 1. The maximum atomic E-state index is 12.4. The lowest BCUT2D eigenvalue weighted by Gasteiger charge is -2.30. The molecule has 0 radical (unpaired) electrons. The van der Waals surface area contributed by atoms with Crippen molar-refractivity contribution in [3.05, 3.63) is 22.4 Å². The van der Waals surface area contributed by atoms with Gasteiger partial charge in [0.1, 0.15) is 0 Å². The lowest BCUT2D eigenvalue weighted by molar-refractivity contribution is 0.0829. The molecule has 0 aliphatic rings. The van der Waals surface area contributed by atoms with Gasteiger partial charge >= 0.3 is 7.60 Å². The maximum absolute atomic E-state index is 12.4. The molecule has 0 fully saturated rings. The second kappa shape index (κ2) is 5.43. The van der Waals surface area contributed by atoms with E-state index >= 15 is 0 Å². The summed E-state index contributed by atoms with van der Waals surface area (Å²) in [6.45, 7) is 5.37. The van der Waals surface area contributed by atoms with Crippen molar-refractivity contribution >= 4 is 18.9 Å². The molecule has 1 rings (SSSR count). The normalized spacial score (nSPS) is 16.0. The second-order valence-electron chi connectivity index (χ2n) is 3.33. The Labute approximate surface area is 99.7 Å². The largest absolute Gasteiger partial charge is 0.373 e. The minimum Gasteiger partial charge on any atom is -0.373 e. The van der Waals surface area contributed by atoms with Gasteiger partial charge < -0.3 is 14.2 Å². The Morgan fingerprint density at radius 2 is 2.00 bits per heavy atom. The van der Waals surface area contributed by atoms with Gasteiger partial charge in [-0.05, 0) is 32.2 Å². The van der Waals surface area contributed by atoms with Crippen LogP contribution >= 0.6 is 18.9 Å². The summed E-state index contributed by atoms with van der Waals surface area (Å²) in [7, 11) is -3.55. The van der Waals surface area contributed by atoms with Crippen molar-refractivity contribution in [1.82, 2.24) is 0 Å². The van der Waals surface area contributed by atoms with E-state index in [4.69, 9.17) is 9.05 Å². The molecule has 0 aromatic carbocycles. The molecular formula is C10H17O4PS. The van der Waals surface area contributed by atoms with Crippen molar-refractivity contribution in [2.45, 2.75) is 26.1 Å². The third kappa shape index (κ3) is 2.55. The molecule has 1 atom stereocenters. The summed E-state index contributed by atoms with van der Waals surface area (Å²) in [5.74, 6) is 0. The zero-order chi connectivity index (χ0) is 12.2. The molecule has 92 valence electrons. The molecule has 16 heavy (non-hydrogen) atoms. The summed E-state index contributed by atoms with van der Waals surface area (Å²) in [5, 5.41) is 10.6. The Hall–Kier alpha value is -0.190. The molecule has 0 saturated heterocycles. The average Bonchev–Trinajstić information content (AvgIpc) is 2.71. The monoisotopic (exact) mass is 264 g/mol. The highest BCUT2D eigenvalue weighted by molar-refractivity contribution is 7.55. The predicted molar refractivity (Wildman–Crippen MR) is 64.7 cm³/mol. The minimum absolute atomic E-state index is 0.235. The molecule has 4 nitrogen and oxygen atoms in total. The first-order valence-electron chi connectivity index (χ1n) is 5.13. The number of aliphatic hydroxyl groups is 1. The molecule has 6 heteroatoms. The van der Waals surface area contributed by atoms with Crippen LogP contribution < -0.4 is 0 Å². The van der Waals surface area contributed by atoms with Crippen molar-refractivity contribution in [3.63, 3.8) is 0 Å². The molecular weight excluding hydrogens is 247 g/mol. The van der Waals surface area contributed by atoms with Crippen molar-refractivity contribution in [3.8, 4) is 0 Å². The summed E-state index contributed by atoms with van der Waals surface area (Å²) >= 11 is 1.33. The van der Waals surface area contributed by atoms with Crippen LogP contribution in [0.4, 0.5) is 0 Å². The van der Waals surface area contributed by atoms with Crippen LogP contribution in [0.15, 0.2) is 17.5 Å². The van der Waals surface area contributed by atoms with E-state index in [-0.39, 0.29) is 13.2 Å². The van der Waals surface area contributed by atoms with Crippen LogP contribution in [-0.4, -0.2) is 18.3 Å². The SMILES string of the molecule is CCOP(=O)(OCC)C(C)(O)c1cccs1. The zero-order valence-electron chi connectivity index (χ0n) is 9.67. The third-order valence-corrected chi connectivity index (χ3v) is 5.86. The minimum atomic E-state index is -3.55. The molecule has 1 heterocycles.